The van der Waals surface area contributed by atoms with Gasteiger partial charge < -0.3 is 25.2 Å². The number of aryl methyl sites for hydroxylation is 1. The molecule has 4 aromatic rings. The second-order valence-electron chi connectivity index (χ2n) is 9.00. The summed E-state index contributed by atoms with van der Waals surface area (Å²) in [5.41, 5.74) is 4.09. The van der Waals surface area contributed by atoms with Gasteiger partial charge in [0.15, 0.2) is 5.82 Å². The van der Waals surface area contributed by atoms with Gasteiger partial charge in [-0.2, -0.15) is 0 Å². The third-order valence-electron chi connectivity index (χ3n) is 6.70. The van der Waals surface area contributed by atoms with Crippen LogP contribution in [0.25, 0.3) is 10.2 Å². The summed E-state index contributed by atoms with van der Waals surface area (Å²) < 4.78 is 6.10. The second-order valence-corrected chi connectivity index (χ2v) is 10.6. The monoisotopic (exact) mass is 570 g/mol. The van der Waals surface area contributed by atoms with Gasteiger partial charge in [-0.15, -0.1) is 11.3 Å². The first-order valence-electron chi connectivity index (χ1n) is 12.3. The van der Waals surface area contributed by atoms with Crippen LogP contribution >= 0.6 is 34.5 Å². The predicted octanol–water partition coefficient (Wildman–Crippen LogP) is 6.45. The summed E-state index contributed by atoms with van der Waals surface area (Å²) in [5.74, 6) is 0.702. The van der Waals surface area contributed by atoms with Crippen LogP contribution in [0.4, 0.5) is 22.9 Å². The Hall–Kier alpha value is -3.11. The van der Waals surface area contributed by atoms with Crippen LogP contribution in [0.15, 0.2) is 42.0 Å². The molecule has 0 radical (unpaired) electrons. The number of carbonyl (C=O) groups is 1. The van der Waals surface area contributed by atoms with E-state index < -0.39 is 0 Å². The van der Waals surface area contributed by atoms with Gasteiger partial charge in [-0.1, -0.05) is 36.2 Å². The number of nitrogens with zero attached hydrogens (tertiary/aromatic N) is 4. The minimum Gasteiger partial charge on any atom is -0.495 e. The lowest BCUT2D eigenvalue weighted by Crippen LogP contribution is -2.46. The van der Waals surface area contributed by atoms with Gasteiger partial charge in [-0.05, 0) is 43.3 Å². The Labute approximate surface area is 235 Å². The minimum absolute atomic E-state index is 0.240. The van der Waals surface area contributed by atoms with Crippen LogP contribution in [0.3, 0.4) is 0 Å². The topological polar surface area (TPSA) is 82.6 Å². The number of ether oxygens (including phenoxy) is 1. The molecule has 1 saturated heterocycles. The summed E-state index contributed by atoms with van der Waals surface area (Å²) in [4.78, 5) is 27.0. The first kappa shape index (κ1) is 26.5. The van der Waals surface area contributed by atoms with Crippen LogP contribution in [0.1, 0.15) is 22.8 Å². The number of thiophene rings is 1. The molecule has 0 aliphatic carbocycles. The van der Waals surface area contributed by atoms with Crippen LogP contribution in [0.2, 0.25) is 10.0 Å². The van der Waals surface area contributed by atoms with Crippen molar-refractivity contribution in [2.45, 2.75) is 13.8 Å². The largest absolute Gasteiger partial charge is 0.495 e. The highest BCUT2D eigenvalue weighted by atomic mass is 35.5. The quantitative estimate of drug-likeness (QED) is 0.264. The summed E-state index contributed by atoms with van der Waals surface area (Å²) in [6, 6.07) is 10.0. The normalized spacial score (nSPS) is 14.1. The molecule has 0 bridgehead atoms. The molecule has 2 N–H and O–H groups in total. The van der Waals surface area contributed by atoms with Gasteiger partial charge >= 0.3 is 0 Å². The number of fused-ring (bicyclic) bond motifs is 1. The molecule has 198 valence electrons. The second kappa shape index (κ2) is 11.3. The van der Waals surface area contributed by atoms with Crippen LogP contribution < -0.4 is 20.3 Å². The maximum absolute atomic E-state index is 13.3. The van der Waals surface area contributed by atoms with E-state index in [1.54, 1.807) is 11.4 Å². The van der Waals surface area contributed by atoms with E-state index in [9.17, 15) is 4.79 Å². The average molecular weight is 572 g/mol. The Kier molecular flexibility index (Phi) is 7.90. The van der Waals surface area contributed by atoms with Gasteiger partial charge in [0.25, 0.3) is 5.91 Å². The standard InChI is InChI=1S/C27H28Cl2N6O2S/c1-4-34-8-10-35(11-9-34)18-7-5-6-17(13-18)32-26-25-23(30-15-31-26)19(14-38-25)27(36)33-24-21(28)16(2)12-20(37-3)22(24)29/h5-7,12-15H,4,8-11H2,1-3H3,(H,33,36)(H,30,31,32). The van der Waals surface area contributed by atoms with Gasteiger partial charge in [-0.3, -0.25) is 4.79 Å². The van der Waals surface area contributed by atoms with Crippen molar-refractivity contribution in [3.63, 3.8) is 0 Å². The van der Waals surface area contributed by atoms with E-state index in [0.29, 0.717) is 33.4 Å². The van der Waals surface area contributed by atoms with Crippen LogP contribution in [0.5, 0.6) is 5.75 Å². The van der Waals surface area contributed by atoms with Crippen molar-refractivity contribution < 1.29 is 9.53 Å². The number of halogens is 2. The zero-order valence-electron chi connectivity index (χ0n) is 21.3. The lowest BCUT2D eigenvalue weighted by Gasteiger charge is -2.35. The molecule has 1 fully saturated rings. The summed E-state index contributed by atoms with van der Waals surface area (Å²) >= 11 is 14.3. The van der Waals surface area contributed by atoms with Gasteiger partial charge in [0.05, 0.1) is 33.6 Å². The molecule has 38 heavy (non-hydrogen) atoms. The minimum atomic E-state index is -0.370. The number of likely N-dealkylation sites (N-methyl/N-ethyl adjacent to an activating group) is 1. The molecule has 0 unspecified atom stereocenters. The smallest absolute Gasteiger partial charge is 0.258 e. The maximum Gasteiger partial charge on any atom is 0.258 e. The number of hydrogen-bond donors (Lipinski definition) is 2. The Balaban J connectivity index is 1.38. The van der Waals surface area contributed by atoms with E-state index in [1.807, 2.05) is 19.1 Å². The van der Waals surface area contributed by atoms with Crippen molar-refractivity contribution in [1.29, 1.82) is 0 Å². The molecule has 8 nitrogen and oxygen atoms in total. The van der Waals surface area contributed by atoms with E-state index in [1.165, 1.54) is 30.5 Å². The number of benzene rings is 2. The Bertz CT molecular complexity index is 1490. The summed E-state index contributed by atoms with van der Waals surface area (Å²) in [7, 11) is 1.51. The Morgan fingerprint density at radius 2 is 1.92 bits per heavy atom. The molecule has 1 aliphatic heterocycles. The lowest BCUT2D eigenvalue weighted by molar-refractivity contribution is 0.102. The number of methoxy groups -OCH3 is 1. The fourth-order valence-corrected chi connectivity index (χ4v) is 5.98. The molecule has 1 amide bonds. The Morgan fingerprint density at radius 1 is 1.13 bits per heavy atom. The number of nitrogens with one attached hydrogen (secondary N) is 2. The summed E-state index contributed by atoms with van der Waals surface area (Å²) in [6.45, 7) is 9.23. The number of amides is 1. The highest BCUT2D eigenvalue weighted by molar-refractivity contribution is 7.18. The highest BCUT2D eigenvalue weighted by Gasteiger charge is 2.22. The van der Waals surface area contributed by atoms with Gasteiger partial charge in [0, 0.05) is 42.9 Å². The molecule has 0 saturated carbocycles. The van der Waals surface area contributed by atoms with Crippen molar-refractivity contribution in [1.82, 2.24) is 14.9 Å². The zero-order chi connectivity index (χ0) is 26.8. The molecule has 2 aromatic carbocycles. The Morgan fingerprint density at radius 3 is 2.66 bits per heavy atom. The van der Waals surface area contributed by atoms with Crippen LogP contribution in [-0.4, -0.2) is 60.6 Å². The SMILES string of the molecule is CCN1CCN(c2cccc(Nc3ncnc4c(C(=O)Nc5c(Cl)c(C)cc(OC)c5Cl)csc34)c2)CC1. The number of carbonyl (C=O) groups excluding carboxylic acids is 1. The van der Waals surface area contributed by atoms with E-state index in [-0.39, 0.29) is 10.9 Å². The van der Waals surface area contributed by atoms with Crippen molar-refractivity contribution in [3.8, 4) is 5.75 Å². The fraction of sp³-hybridized carbons (Fsp3) is 0.296. The fourth-order valence-electron chi connectivity index (χ4n) is 4.52. The molecule has 0 atom stereocenters. The van der Waals surface area contributed by atoms with Crippen molar-refractivity contribution in [3.05, 3.63) is 63.2 Å². The first-order chi connectivity index (χ1) is 18.4. The molecule has 2 aromatic heterocycles. The molecule has 5 rings (SSSR count). The van der Waals surface area contributed by atoms with Crippen molar-refractivity contribution >= 4 is 73.5 Å². The zero-order valence-corrected chi connectivity index (χ0v) is 23.7. The highest BCUT2D eigenvalue weighted by Crippen LogP contribution is 2.41. The maximum atomic E-state index is 13.3. The van der Waals surface area contributed by atoms with E-state index in [0.717, 1.165) is 48.7 Å². The summed E-state index contributed by atoms with van der Waals surface area (Å²) in [5, 5.41) is 8.62. The molecule has 3 heterocycles. The first-order valence-corrected chi connectivity index (χ1v) is 13.9. The molecular formula is C27H28Cl2N6O2S. The number of hydrogen-bond acceptors (Lipinski definition) is 8. The molecule has 1 aliphatic rings. The van der Waals surface area contributed by atoms with E-state index in [2.05, 4.69) is 49.5 Å². The lowest BCUT2D eigenvalue weighted by atomic mass is 10.2. The molecule has 0 spiro atoms. The number of piperazine rings is 1. The van der Waals surface area contributed by atoms with Gasteiger partial charge in [0.1, 0.15) is 17.1 Å². The number of rotatable bonds is 7. The van der Waals surface area contributed by atoms with E-state index in [4.69, 9.17) is 27.9 Å². The van der Waals surface area contributed by atoms with E-state index >= 15 is 0 Å². The van der Waals surface area contributed by atoms with Crippen molar-refractivity contribution in [2.75, 3.05) is 55.4 Å². The number of aromatic nitrogens is 2. The van der Waals surface area contributed by atoms with Crippen molar-refractivity contribution in [2.24, 2.45) is 0 Å². The van der Waals surface area contributed by atoms with Crippen LogP contribution in [0, 0.1) is 6.92 Å². The number of anilines is 4. The molecule has 11 heteroatoms. The third-order valence-corrected chi connectivity index (χ3v) is 8.54. The average Bonchev–Trinajstić information content (AvgIpc) is 3.38. The molecular weight excluding hydrogens is 543 g/mol. The predicted molar refractivity (Wildman–Crippen MR) is 157 cm³/mol. The van der Waals surface area contributed by atoms with Gasteiger partial charge in [-0.25, -0.2) is 9.97 Å². The van der Waals surface area contributed by atoms with Gasteiger partial charge in [0.2, 0.25) is 0 Å². The summed E-state index contributed by atoms with van der Waals surface area (Å²) in [6.07, 6.45) is 1.46. The van der Waals surface area contributed by atoms with Crippen LogP contribution in [-0.2, 0) is 0 Å². The third kappa shape index (κ3) is 5.24.